The third-order valence-corrected chi connectivity index (χ3v) is 4.08. The maximum Gasteiger partial charge on any atom is 0.0683 e. The Hall–Kier alpha value is -0.590. The first-order chi connectivity index (χ1) is 7.98. The lowest BCUT2D eigenvalue weighted by Gasteiger charge is -2.36. The summed E-state index contributed by atoms with van der Waals surface area (Å²) in [5.74, 6) is 1.43. The molecule has 0 saturated carbocycles. The molecule has 2 N–H and O–H groups in total. The molecule has 0 aliphatic carbocycles. The van der Waals surface area contributed by atoms with Crippen molar-refractivity contribution in [1.29, 1.82) is 5.26 Å². The van der Waals surface area contributed by atoms with Gasteiger partial charge in [-0.1, -0.05) is 6.92 Å². The summed E-state index contributed by atoms with van der Waals surface area (Å²) in [7, 11) is 0. The Balaban J connectivity index is 2.27. The minimum Gasteiger partial charge on any atom is -0.330 e. The van der Waals surface area contributed by atoms with Gasteiger partial charge in [0.1, 0.15) is 0 Å². The van der Waals surface area contributed by atoms with Crippen LogP contribution in [0.15, 0.2) is 0 Å². The zero-order valence-electron chi connectivity index (χ0n) is 11.6. The van der Waals surface area contributed by atoms with Crippen LogP contribution in [0.3, 0.4) is 0 Å². The second kappa shape index (κ2) is 6.37. The number of hydrogen-bond acceptors (Lipinski definition) is 3. The van der Waals surface area contributed by atoms with Crippen molar-refractivity contribution in [3.63, 3.8) is 0 Å². The van der Waals surface area contributed by atoms with Gasteiger partial charge in [0.05, 0.1) is 11.5 Å². The standard InChI is InChI=1S/C14H27N3/c1-12-5-8-17(10-13(12)9-15)7-4-6-14(2,3)11-16/h12-13H,4-10,15H2,1-3H3. The number of nitrogens with two attached hydrogens (primary N) is 1. The number of rotatable bonds is 5. The van der Waals surface area contributed by atoms with Crippen LogP contribution < -0.4 is 5.73 Å². The van der Waals surface area contributed by atoms with E-state index in [1.807, 2.05) is 13.8 Å². The average molecular weight is 237 g/mol. The molecule has 0 aromatic carbocycles. The molecule has 0 spiro atoms. The molecule has 3 nitrogen and oxygen atoms in total. The normalized spacial score (nSPS) is 26.8. The number of likely N-dealkylation sites (tertiary alicyclic amines) is 1. The van der Waals surface area contributed by atoms with Crippen molar-refractivity contribution in [3.8, 4) is 6.07 Å². The lowest BCUT2D eigenvalue weighted by atomic mass is 9.86. The summed E-state index contributed by atoms with van der Waals surface area (Å²) in [4.78, 5) is 2.52. The fraction of sp³-hybridized carbons (Fsp3) is 0.929. The Morgan fingerprint density at radius 1 is 1.47 bits per heavy atom. The van der Waals surface area contributed by atoms with E-state index in [0.29, 0.717) is 5.92 Å². The molecule has 1 aliphatic rings. The molecule has 2 unspecified atom stereocenters. The first-order valence-electron chi connectivity index (χ1n) is 6.82. The van der Waals surface area contributed by atoms with Crippen LogP contribution in [0.2, 0.25) is 0 Å². The number of nitrogens with zero attached hydrogens (tertiary/aromatic N) is 2. The summed E-state index contributed by atoms with van der Waals surface area (Å²) in [6, 6.07) is 2.37. The van der Waals surface area contributed by atoms with Gasteiger partial charge in [-0.25, -0.2) is 0 Å². The minimum atomic E-state index is -0.170. The van der Waals surface area contributed by atoms with Gasteiger partial charge in [-0.05, 0) is 64.6 Å². The smallest absolute Gasteiger partial charge is 0.0683 e. The topological polar surface area (TPSA) is 53.0 Å². The number of hydrogen-bond donors (Lipinski definition) is 1. The van der Waals surface area contributed by atoms with Gasteiger partial charge in [0.25, 0.3) is 0 Å². The van der Waals surface area contributed by atoms with Crippen molar-refractivity contribution >= 4 is 0 Å². The van der Waals surface area contributed by atoms with Crippen molar-refractivity contribution < 1.29 is 0 Å². The quantitative estimate of drug-likeness (QED) is 0.798. The van der Waals surface area contributed by atoms with Crippen LogP contribution in [0, 0.1) is 28.6 Å². The number of piperidine rings is 1. The van der Waals surface area contributed by atoms with Gasteiger partial charge in [0.2, 0.25) is 0 Å². The highest BCUT2D eigenvalue weighted by Gasteiger charge is 2.25. The maximum atomic E-state index is 8.97. The van der Waals surface area contributed by atoms with Crippen LogP contribution in [0.4, 0.5) is 0 Å². The molecule has 0 aromatic rings. The largest absolute Gasteiger partial charge is 0.330 e. The van der Waals surface area contributed by atoms with Crippen LogP contribution in [0.5, 0.6) is 0 Å². The predicted molar refractivity (Wildman–Crippen MR) is 71.4 cm³/mol. The minimum absolute atomic E-state index is 0.170. The summed E-state index contributed by atoms with van der Waals surface area (Å²) in [6.45, 7) is 10.6. The zero-order chi connectivity index (χ0) is 12.9. The Morgan fingerprint density at radius 2 is 2.18 bits per heavy atom. The van der Waals surface area contributed by atoms with Crippen molar-refractivity contribution in [2.75, 3.05) is 26.2 Å². The molecule has 0 amide bonds. The number of nitriles is 1. The molecule has 2 atom stereocenters. The maximum absolute atomic E-state index is 8.97. The molecule has 98 valence electrons. The monoisotopic (exact) mass is 237 g/mol. The molecule has 0 radical (unpaired) electrons. The van der Waals surface area contributed by atoms with Crippen LogP contribution >= 0.6 is 0 Å². The molecule has 0 bridgehead atoms. The summed E-state index contributed by atoms with van der Waals surface area (Å²) in [6.07, 6.45) is 3.37. The third kappa shape index (κ3) is 4.65. The fourth-order valence-corrected chi connectivity index (χ4v) is 2.54. The van der Waals surface area contributed by atoms with E-state index in [1.165, 1.54) is 13.0 Å². The second-order valence-electron chi connectivity index (χ2n) is 6.16. The highest BCUT2D eigenvalue weighted by Crippen LogP contribution is 2.24. The van der Waals surface area contributed by atoms with Crippen LogP contribution in [-0.2, 0) is 0 Å². The van der Waals surface area contributed by atoms with Crippen LogP contribution in [0.1, 0.15) is 40.0 Å². The molecule has 3 heteroatoms. The molecular weight excluding hydrogens is 210 g/mol. The Kier molecular flexibility index (Phi) is 5.42. The molecule has 1 fully saturated rings. The molecule has 0 aromatic heterocycles. The third-order valence-electron chi connectivity index (χ3n) is 4.08. The van der Waals surface area contributed by atoms with Crippen LogP contribution in [-0.4, -0.2) is 31.1 Å². The van der Waals surface area contributed by atoms with Gasteiger partial charge < -0.3 is 10.6 Å². The molecule has 1 heterocycles. The summed E-state index contributed by atoms with van der Waals surface area (Å²) >= 11 is 0. The Morgan fingerprint density at radius 3 is 2.76 bits per heavy atom. The van der Waals surface area contributed by atoms with Crippen molar-refractivity contribution in [3.05, 3.63) is 0 Å². The van der Waals surface area contributed by atoms with Gasteiger partial charge in [-0.15, -0.1) is 0 Å². The Bertz CT molecular complexity index is 267. The Labute approximate surface area is 106 Å². The highest BCUT2D eigenvalue weighted by molar-refractivity contribution is 4.91. The van der Waals surface area contributed by atoms with E-state index in [-0.39, 0.29) is 5.41 Å². The van der Waals surface area contributed by atoms with Crippen LogP contribution in [0.25, 0.3) is 0 Å². The first-order valence-corrected chi connectivity index (χ1v) is 6.82. The summed E-state index contributed by atoms with van der Waals surface area (Å²) < 4.78 is 0. The SMILES string of the molecule is CC1CCN(CCCC(C)(C)C#N)CC1CN. The van der Waals surface area contributed by atoms with Gasteiger partial charge in [0.15, 0.2) is 0 Å². The van der Waals surface area contributed by atoms with E-state index < -0.39 is 0 Å². The summed E-state index contributed by atoms with van der Waals surface area (Å²) in [5, 5.41) is 8.97. The second-order valence-corrected chi connectivity index (χ2v) is 6.16. The van der Waals surface area contributed by atoms with Gasteiger partial charge in [-0.3, -0.25) is 0 Å². The fourth-order valence-electron chi connectivity index (χ4n) is 2.54. The summed E-state index contributed by atoms with van der Waals surface area (Å²) in [5.41, 5.74) is 5.64. The van der Waals surface area contributed by atoms with Crippen molar-refractivity contribution in [1.82, 2.24) is 4.90 Å². The van der Waals surface area contributed by atoms with Crippen molar-refractivity contribution in [2.45, 2.75) is 40.0 Å². The van der Waals surface area contributed by atoms with Crippen molar-refractivity contribution in [2.24, 2.45) is 23.0 Å². The van der Waals surface area contributed by atoms with E-state index in [9.17, 15) is 0 Å². The van der Waals surface area contributed by atoms with E-state index >= 15 is 0 Å². The molecule has 17 heavy (non-hydrogen) atoms. The highest BCUT2D eigenvalue weighted by atomic mass is 15.1. The van der Waals surface area contributed by atoms with Gasteiger partial charge >= 0.3 is 0 Å². The molecule has 1 aliphatic heterocycles. The first kappa shape index (κ1) is 14.5. The lowest BCUT2D eigenvalue weighted by Crippen LogP contribution is -2.43. The van der Waals surface area contributed by atoms with Gasteiger partial charge in [-0.2, -0.15) is 5.26 Å². The van der Waals surface area contributed by atoms with E-state index in [1.54, 1.807) is 0 Å². The molecule has 1 saturated heterocycles. The van der Waals surface area contributed by atoms with E-state index in [0.717, 1.165) is 38.4 Å². The lowest BCUT2D eigenvalue weighted by molar-refractivity contribution is 0.128. The van der Waals surface area contributed by atoms with E-state index in [4.69, 9.17) is 11.0 Å². The zero-order valence-corrected chi connectivity index (χ0v) is 11.6. The van der Waals surface area contributed by atoms with E-state index in [2.05, 4.69) is 17.9 Å². The predicted octanol–water partition coefficient (Wildman–Crippen LogP) is 2.23. The molecular formula is C14H27N3. The molecule has 1 rings (SSSR count). The average Bonchev–Trinajstić information content (AvgIpc) is 2.31. The van der Waals surface area contributed by atoms with Gasteiger partial charge in [0, 0.05) is 6.54 Å².